The summed E-state index contributed by atoms with van der Waals surface area (Å²) in [5.41, 5.74) is 2.17. The largest absolute Gasteiger partial charge is 0.354 e. The number of carbonyl (C=O) groups excluding carboxylic acids is 1. The maximum absolute atomic E-state index is 12.8. The molecule has 2 atom stereocenters. The summed E-state index contributed by atoms with van der Waals surface area (Å²) in [7, 11) is 0. The Labute approximate surface area is 186 Å². The van der Waals surface area contributed by atoms with Crippen molar-refractivity contribution in [3.63, 3.8) is 0 Å². The predicted octanol–water partition coefficient (Wildman–Crippen LogP) is 4.37. The molecule has 0 spiro atoms. The smallest absolute Gasteiger partial charge is 0.237 e. The lowest BCUT2D eigenvalue weighted by Gasteiger charge is -2.38. The van der Waals surface area contributed by atoms with Crippen molar-refractivity contribution in [1.82, 2.24) is 24.8 Å². The van der Waals surface area contributed by atoms with Crippen molar-refractivity contribution in [2.45, 2.75) is 97.6 Å². The number of hydrogen-bond donors (Lipinski definition) is 1. The summed E-state index contributed by atoms with van der Waals surface area (Å²) in [5.74, 6) is 1.77. The molecule has 7 nitrogen and oxygen atoms in total. The number of unbranched alkanes of at least 4 members (excludes halogenated alkanes) is 2. The van der Waals surface area contributed by atoms with Crippen molar-refractivity contribution in [1.29, 1.82) is 0 Å². The minimum atomic E-state index is 0.152. The number of amides is 1. The molecule has 0 aliphatic carbocycles. The van der Waals surface area contributed by atoms with Gasteiger partial charge in [-0.2, -0.15) is 4.98 Å². The van der Waals surface area contributed by atoms with E-state index in [0.29, 0.717) is 12.4 Å². The van der Waals surface area contributed by atoms with Crippen LogP contribution in [0.4, 0.5) is 5.82 Å². The molecular formula is C24H38N6O. The van der Waals surface area contributed by atoms with Gasteiger partial charge in [0.05, 0.1) is 0 Å². The number of aromatic nitrogens is 4. The lowest BCUT2D eigenvalue weighted by atomic mass is 9.97. The number of nitrogens with one attached hydrogen (secondary N) is 1. The van der Waals surface area contributed by atoms with Crippen LogP contribution >= 0.6 is 0 Å². The Bertz CT molecular complexity index is 835. The van der Waals surface area contributed by atoms with Gasteiger partial charge in [-0.1, -0.05) is 33.1 Å². The van der Waals surface area contributed by atoms with Crippen molar-refractivity contribution in [3.8, 4) is 5.95 Å². The molecule has 2 unspecified atom stereocenters. The molecule has 1 aliphatic rings. The fourth-order valence-electron chi connectivity index (χ4n) is 4.52. The van der Waals surface area contributed by atoms with Crippen LogP contribution in [0.2, 0.25) is 0 Å². The molecule has 3 heterocycles. The van der Waals surface area contributed by atoms with Gasteiger partial charge in [0.25, 0.3) is 0 Å². The third kappa shape index (κ3) is 6.05. The van der Waals surface area contributed by atoms with E-state index in [1.165, 1.54) is 24.8 Å². The van der Waals surface area contributed by atoms with E-state index >= 15 is 0 Å². The number of piperidine rings is 1. The normalized spacial score (nSPS) is 17.5. The van der Waals surface area contributed by atoms with Crippen LogP contribution in [0.1, 0.15) is 83.4 Å². The van der Waals surface area contributed by atoms with E-state index < -0.39 is 0 Å². The lowest BCUT2D eigenvalue weighted by Crippen LogP contribution is -2.45. The Morgan fingerprint density at radius 3 is 2.81 bits per heavy atom. The summed E-state index contributed by atoms with van der Waals surface area (Å²) in [6.45, 7) is 9.45. The van der Waals surface area contributed by atoms with Crippen LogP contribution in [0.25, 0.3) is 5.95 Å². The number of anilines is 1. The number of imidazole rings is 1. The molecule has 0 aromatic carbocycles. The van der Waals surface area contributed by atoms with E-state index in [4.69, 9.17) is 9.97 Å². The predicted molar refractivity (Wildman–Crippen MR) is 125 cm³/mol. The number of aryl methyl sites for hydroxylation is 1. The van der Waals surface area contributed by atoms with Crippen molar-refractivity contribution >= 4 is 11.7 Å². The molecule has 2 aromatic rings. The zero-order valence-electron chi connectivity index (χ0n) is 19.6. The van der Waals surface area contributed by atoms with Crippen LogP contribution in [-0.2, 0) is 11.2 Å². The van der Waals surface area contributed by atoms with Gasteiger partial charge in [-0.15, -0.1) is 0 Å². The molecule has 170 valence electrons. The van der Waals surface area contributed by atoms with Gasteiger partial charge < -0.3 is 10.2 Å². The first-order chi connectivity index (χ1) is 15.0. The van der Waals surface area contributed by atoms with Crippen LogP contribution in [0.3, 0.4) is 0 Å². The van der Waals surface area contributed by atoms with Gasteiger partial charge in [0.1, 0.15) is 12.1 Å². The van der Waals surface area contributed by atoms with E-state index in [9.17, 15) is 4.79 Å². The molecule has 0 radical (unpaired) electrons. The standard InChI is InChI=1S/C24H38N6O/c1-5-7-8-11-18(3)26-22(31)16-20-12-9-10-14-30(20)23-21(6-2)19(4)27-24(28-23)29-15-13-25-17-29/h13,15,17-18,20H,5-12,14,16H2,1-4H3,(H,26,31). The van der Waals surface area contributed by atoms with Crippen LogP contribution in [-0.4, -0.2) is 44.1 Å². The van der Waals surface area contributed by atoms with Crippen LogP contribution < -0.4 is 10.2 Å². The maximum Gasteiger partial charge on any atom is 0.237 e. The summed E-state index contributed by atoms with van der Waals surface area (Å²) >= 11 is 0. The highest BCUT2D eigenvalue weighted by Crippen LogP contribution is 2.30. The van der Waals surface area contributed by atoms with Crippen molar-refractivity contribution in [2.75, 3.05) is 11.4 Å². The van der Waals surface area contributed by atoms with Crippen molar-refractivity contribution in [2.24, 2.45) is 0 Å². The number of rotatable bonds is 10. The molecule has 1 fully saturated rings. The first-order valence-electron chi connectivity index (χ1n) is 11.9. The fourth-order valence-corrected chi connectivity index (χ4v) is 4.52. The molecule has 31 heavy (non-hydrogen) atoms. The Kier molecular flexibility index (Phi) is 8.43. The van der Waals surface area contributed by atoms with Gasteiger partial charge in [-0.3, -0.25) is 9.36 Å². The third-order valence-corrected chi connectivity index (χ3v) is 6.24. The quantitative estimate of drug-likeness (QED) is 0.571. The third-order valence-electron chi connectivity index (χ3n) is 6.24. The second kappa shape index (κ2) is 11.3. The van der Waals surface area contributed by atoms with E-state index in [2.05, 4.69) is 36.0 Å². The van der Waals surface area contributed by atoms with Crippen molar-refractivity contribution < 1.29 is 4.79 Å². The molecule has 7 heteroatoms. The highest BCUT2D eigenvalue weighted by atomic mass is 16.1. The zero-order valence-corrected chi connectivity index (χ0v) is 19.6. The Hall–Kier alpha value is -2.44. The van der Waals surface area contributed by atoms with Gasteiger partial charge in [0, 0.05) is 48.7 Å². The molecule has 3 rings (SSSR count). The Balaban J connectivity index is 1.77. The van der Waals surface area contributed by atoms with Crippen LogP contribution in [0.5, 0.6) is 0 Å². The molecular weight excluding hydrogens is 388 g/mol. The van der Waals surface area contributed by atoms with Gasteiger partial charge in [0.2, 0.25) is 11.9 Å². The molecule has 1 amide bonds. The molecule has 0 saturated carbocycles. The zero-order chi connectivity index (χ0) is 22.2. The molecule has 1 aliphatic heterocycles. The minimum Gasteiger partial charge on any atom is -0.354 e. The first-order valence-corrected chi connectivity index (χ1v) is 11.9. The molecule has 0 bridgehead atoms. The topological polar surface area (TPSA) is 75.9 Å². The van der Waals surface area contributed by atoms with E-state index in [0.717, 1.165) is 50.2 Å². The van der Waals surface area contributed by atoms with E-state index in [-0.39, 0.29) is 18.0 Å². The lowest BCUT2D eigenvalue weighted by molar-refractivity contribution is -0.122. The highest BCUT2D eigenvalue weighted by Gasteiger charge is 2.29. The average molecular weight is 427 g/mol. The minimum absolute atomic E-state index is 0.152. The van der Waals surface area contributed by atoms with E-state index in [1.54, 1.807) is 12.5 Å². The van der Waals surface area contributed by atoms with Gasteiger partial charge in [0.15, 0.2) is 0 Å². The molecule has 1 N–H and O–H groups in total. The van der Waals surface area contributed by atoms with Gasteiger partial charge in [-0.25, -0.2) is 9.97 Å². The van der Waals surface area contributed by atoms with Gasteiger partial charge >= 0.3 is 0 Å². The molecule has 1 saturated heterocycles. The summed E-state index contributed by atoms with van der Waals surface area (Å²) in [5, 5.41) is 3.22. The fraction of sp³-hybridized carbons (Fsp3) is 0.667. The number of hydrogen-bond acceptors (Lipinski definition) is 5. The summed E-state index contributed by atoms with van der Waals surface area (Å²) in [6, 6.07) is 0.406. The number of carbonyl (C=O) groups is 1. The molecule has 2 aromatic heterocycles. The summed E-state index contributed by atoms with van der Waals surface area (Å²) < 4.78 is 1.85. The Morgan fingerprint density at radius 1 is 1.26 bits per heavy atom. The summed E-state index contributed by atoms with van der Waals surface area (Å²) in [6.07, 6.45) is 14.7. The van der Waals surface area contributed by atoms with Crippen molar-refractivity contribution in [3.05, 3.63) is 30.0 Å². The van der Waals surface area contributed by atoms with Crippen LogP contribution in [0.15, 0.2) is 18.7 Å². The SMILES string of the molecule is CCCCCC(C)NC(=O)CC1CCCCN1c1nc(-n2ccnc2)nc(C)c1CC. The monoisotopic (exact) mass is 426 g/mol. The summed E-state index contributed by atoms with van der Waals surface area (Å²) in [4.78, 5) is 29.0. The second-order valence-electron chi connectivity index (χ2n) is 8.75. The first kappa shape index (κ1) is 23.2. The highest BCUT2D eigenvalue weighted by molar-refractivity contribution is 5.77. The number of nitrogens with zero attached hydrogens (tertiary/aromatic N) is 5. The average Bonchev–Trinajstić information content (AvgIpc) is 3.28. The maximum atomic E-state index is 12.8. The second-order valence-corrected chi connectivity index (χ2v) is 8.75. The van der Waals surface area contributed by atoms with E-state index in [1.807, 2.05) is 17.7 Å². The Morgan fingerprint density at radius 2 is 2.10 bits per heavy atom. The van der Waals surface area contributed by atoms with Gasteiger partial charge in [-0.05, 0) is 46.0 Å². The van der Waals surface area contributed by atoms with Crippen LogP contribution in [0, 0.1) is 6.92 Å².